The van der Waals surface area contributed by atoms with Gasteiger partial charge in [-0.25, -0.2) is 0 Å². The Bertz CT molecular complexity index is 1140. The van der Waals surface area contributed by atoms with Gasteiger partial charge in [0.2, 0.25) is 0 Å². The average molecular weight is 420 g/mol. The highest BCUT2D eigenvalue weighted by atomic mass is 32.2. The number of hydrogen-bond donors (Lipinski definition) is 1. The lowest BCUT2D eigenvalue weighted by atomic mass is 10.1. The molecular formula is C23H21N3O3S. The van der Waals surface area contributed by atoms with Crippen LogP contribution in [-0.2, 0) is 24.4 Å². The van der Waals surface area contributed by atoms with Crippen molar-refractivity contribution in [2.75, 3.05) is 5.75 Å². The number of aryl methyl sites for hydroxylation is 1. The van der Waals surface area contributed by atoms with Crippen LogP contribution >= 0.6 is 11.8 Å². The van der Waals surface area contributed by atoms with Crippen LogP contribution < -0.4 is 4.74 Å². The van der Waals surface area contributed by atoms with E-state index in [2.05, 4.69) is 22.3 Å². The fourth-order valence-corrected chi connectivity index (χ4v) is 3.94. The van der Waals surface area contributed by atoms with Gasteiger partial charge in [-0.3, -0.25) is 4.79 Å². The van der Waals surface area contributed by atoms with Gasteiger partial charge in [-0.05, 0) is 23.4 Å². The number of carboxylic acids is 1. The van der Waals surface area contributed by atoms with Crippen LogP contribution in [0.5, 0.6) is 5.75 Å². The molecule has 1 aromatic heterocycles. The molecule has 0 unspecified atom stereocenters. The first kappa shape index (κ1) is 20.0. The van der Waals surface area contributed by atoms with E-state index in [1.54, 1.807) is 0 Å². The van der Waals surface area contributed by atoms with Crippen LogP contribution in [-0.4, -0.2) is 31.6 Å². The topological polar surface area (TPSA) is 77.2 Å². The predicted octanol–water partition coefficient (Wildman–Crippen LogP) is 4.43. The normalized spacial score (nSPS) is 10.9. The first-order valence-corrected chi connectivity index (χ1v) is 10.6. The molecule has 1 heterocycles. The minimum Gasteiger partial charge on any atom is -0.485 e. The third-order valence-corrected chi connectivity index (χ3v) is 5.64. The number of hydrogen-bond acceptors (Lipinski definition) is 5. The van der Waals surface area contributed by atoms with Crippen molar-refractivity contribution in [1.82, 2.24) is 14.8 Å². The molecule has 0 fully saturated rings. The average Bonchev–Trinajstić information content (AvgIpc) is 3.17. The Morgan fingerprint density at radius 1 is 0.967 bits per heavy atom. The molecule has 0 aliphatic rings. The lowest BCUT2D eigenvalue weighted by Gasteiger charge is -2.12. The predicted molar refractivity (Wildman–Crippen MR) is 117 cm³/mol. The molecule has 0 saturated carbocycles. The van der Waals surface area contributed by atoms with Gasteiger partial charge in [-0.2, -0.15) is 0 Å². The quantitative estimate of drug-likeness (QED) is 0.405. The molecule has 1 N–H and O–H groups in total. The van der Waals surface area contributed by atoms with E-state index in [-0.39, 0.29) is 12.4 Å². The molecule has 0 amide bonds. The van der Waals surface area contributed by atoms with Gasteiger partial charge in [0.15, 0.2) is 11.0 Å². The Hall–Kier alpha value is -3.32. The van der Waals surface area contributed by atoms with Crippen LogP contribution in [0.3, 0.4) is 0 Å². The second kappa shape index (κ2) is 9.45. The molecule has 0 radical (unpaired) electrons. The number of aliphatic carboxylic acids is 1. The summed E-state index contributed by atoms with van der Waals surface area (Å²) in [6, 6.07) is 24.1. The first-order chi connectivity index (χ1) is 14.7. The Morgan fingerprint density at radius 2 is 1.73 bits per heavy atom. The summed E-state index contributed by atoms with van der Waals surface area (Å²) >= 11 is 1.17. The van der Waals surface area contributed by atoms with E-state index in [0.717, 1.165) is 22.9 Å². The number of nitrogens with zero attached hydrogens (tertiary/aromatic N) is 3. The van der Waals surface area contributed by atoms with Crippen molar-refractivity contribution in [1.29, 1.82) is 0 Å². The minimum absolute atomic E-state index is 0.0619. The van der Waals surface area contributed by atoms with E-state index >= 15 is 0 Å². The minimum atomic E-state index is -0.883. The van der Waals surface area contributed by atoms with Gasteiger partial charge in [-0.1, -0.05) is 78.5 Å². The largest absolute Gasteiger partial charge is 0.485 e. The smallest absolute Gasteiger partial charge is 0.313 e. The molecule has 0 saturated heterocycles. The molecule has 0 atom stereocenters. The van der Waals surface area contributed by atoms with Gasteiger partial charge in [0.25, 0.3) is 0 Å². The van der Waals surface area contributed by atoms with Crippen molar-refractivity contribution in [2.45, 2.75) is 24.7 Å². The number of carboxylic acid groups (broad SMARTS) is 1. The Morgan fingerprint density at radius 3 is 2.57 bits per heavy atom. The number of benzene rings is 3. The molecule has 0 spiro atoms. The molecular weight excluding hydrogens is 398 g/mol. The molecule has 152 valence electrons. The number of aromatic nitrogens is 3. The van der Waals surface area contributed by atoms with Crippen LogP contribution in [0.15, 0.2) is 78.0 Å². The maximum absolute atomic E-state index is 11.0. The summed E-state index contributed by atoms with van der Waals surface area (Å²) in [5, 5.41) is 20.2. The zero-order valence-electron chi connectivity index (χ0n) is 16.3. The van der Waals surface area contributed by atoms with Gasteiger partial charge >= 0.3 is 5.97 Å². The highest BCUT2D eigenvalue weighted by Gasteiger charge is 2.15. The van der Waals surface area contributed by atoms with E-state index in [1.807, 2.05) is 65.2 Å². The summed E-state index contributed by atoms with van der Waals surface area (Å²) < 4.78 is 8.04. The summed E-state index contributed by atoms with van der Waals surface area (Å²) in [6.45, 7) is 0.899. The fourth-order valence-electron chi connectivity index (χ4n) is 3.23. The lowest BCUT2D eigenvalue weighted by Crippen LogP contribution is -2.11. The molecule has 0 aliphatic carbocycles. The van der Waals surface area contributed by atoms with Crippen molar-refractivity contribution >= 4 is 28.5 Å². The second-order valence-corrected chi connectivity index (χ2v) is 7.68. The number of ether oxygens (including phenoxy) is 1. The van der Waals surface area contributed by atoms with Crippen molar-refractivity contribution in [3.8, 4) is 5.75 Å². The Labute approximate surface area is 178 Å². The monoisotopic (exact) mass is 419 g/mol. The maximum atomic E-state index is 11.0. The second-order valence-electron chi connectivity index (χ2n) is 6.73. The van der Waals surface area contributed by atoms with E-state index in [1.165, 1.54) is 17.3 Å². The lowest BCUT2D eigenvalue weighted by molar-refractivity contribution is -0.133. The zero-order valence-corrected chi connectivity index (χ0v) is 17.1. The summed E-state index contributed by atoms with van der Waals surface area (Å²) in [5.74, 6) is 0.511. The summed E-state index contributed by atoms with van der Waals surface area (Å²) in [4.78, 5) is 11.0. The number of thioether (sulfide) groups is 1. The highest BCUT2D eigenvalue weighted by molar-refractivity contribution is 7.99. The van der Waals surface area contributed by atoms with Gasteiger partial charge in [-0.15, -0.1) is 10.2 Å². The molecule has 6 nitrogen and oxygen atoms in total. The van der Waals surface area contributed by atoms with Crippen molar-refractivity contribution in [3.63, 3.8) is 0 Å². The van der Waals surface area contributed by atoms with Gasteiger partial charge in [0.1, 0.15) is 12.4 Å². The molecule has 0 bridgehead atoms. The summed E-state index contributed by atoms with van der Waals surface area (Å²) in [6.07, 6.45) is 0.792. The van der Waals surface area contributed by atoms with Crippen LogP contribution in [0.2, 0.25) is 0 Å². The van der Waals surface area contributed by atoms with Crippen molar-refractivity contribution < 1.29 is 14.6 Å². The van der Waals surface area contributed by atoms with E-state index in [4.69, 9.17) is 9.84 Å². The Balaban J connectivity index is 1.54. The van der Waals surface area contributed by atoms with Crippen LogP contribution in [0, 0.1) is 0 Å². The molecule has 4 aromatic rings. The van der Waals surface area contributed by atoms with Crippen LogP contribution in [0.25, 0.3) is 10.8 Å². The van der Waals surface area contributed by atoms with E-state index in [0.29, 0.717) is 17.5 Å². The molecule has 3 aromatic carbocycles. The van der Waals surface area contributed by atoms with Crippen LogP contribution in [0.1, 0.15) is 11.4 Å². The molecule has 7 heteroatoms. The van der Waals surface area contributed by atoms with Gasteiger partial charge in [0, 0.05) is 11.9 Å². The number of rotatable bonds is 9. The number of carbonyl (C=O) groups is 1. The SMILES string of the molecule is O=C(O)CSc1nnc(COc2cccc3ccccc23)n1CCc1ccccc1. The first-order valence-electron chi connectivity index (χ1n) is 9.62. The van der Waals surface area contributed by atoms with Crippen LogP contribution in [0.4, 0.5) is 0 Å². The van der Waals surface area contributed by atoms with E-state index < -0.39 is 5.97 Å². The summed E-state index contributed by atoms with van der Waals surface area (Å²) in [7, 11) is 0. The molecule has 30 heavy (non-hydrogen) atoms. The standard InChI is InChI=1S/C23H21N3O3S/c27-22(28)16-30-23-25-24-21(26(23)14-13-17-7-2-1-3-8-17)15-29-20-12-6-10-18-9-4-5-11-19(18)20/h1-12H,13-16H2,(H,27,28). The molecule has 0 aliphatic heterocycles. The molecule has 4 rings (SSSR count). The van der Waals surface area contributed by atoms with Crippen molar-refractivity contribution in [2.24, 2.45) is 0 Å². The third-order valence-electron chi connectivity index (χ3n) is 4.69. The van der Waals surface area contributed by atoms with Gasteiger partial charge < -0.3 is 14.4 Å². The maximum Gasteiger partial charge on any atom is 0.313 e. The zero-order chi connectivity index (χ0) is 20.8. The third kappa shape index (κ3) is 4.80. The summed E-state index contributed by atoms with van der Waals surface area (Å²) in [5.41, 5.74) is 1.20. The fraction of sp³-hybridized carbons (Fsp3) is 0.174. The van der Waals surface area contributed by atoms with Gasteiger partial charge in [0.05, 0.1) is 5.75 Å². The highest BCUT2D eigenvalue weighted by Crippen LogP contribution is 2.26. The van der Waals surface area contributed by atoms with E-state index in [9.17, 15) is 4.79 Å². The number of fused-ring (bicyclic) bond motifs is 1. The Kier molecular flexibility index (Phi) is 6.29. The van der Waals surface area contributed by atoms with Crippen molar-refractivity contribution in [3.05, 3.63) is 84.2 Å².